The van der Waals surface area contributed by atoms with Crippen LogP contribution in [0.1, 0.15) is 10.4 Å². The fourth-order valence-corrected chi connectivity index (χ4v) is 1.28. The molecule has 0 bridgehead atoms. The van der Waals surface area contributed by atoms with Gasteiger partial charge in [-0.15, -0.1) is 0 Å². The smallest absolute Gasteiger partial charge is 0.343 e. The molecule has 0 aliphatic carbocycles. The van der Waals surface area contributed by atoms with Crippen LogP contribution in [0.5, 0.6) is 5.88 Å². The SMILES string of the molecule is COCCOCCOc1ncc(N)cc1C(=O)OC. The summed E-state index contributed by atoms with van der Waals surface area (Å²) in [6, 6.07) is 1.46. The summed E-state index contributed by atoms with van der Waals surface area (Å²) in [6.45, 7) is 1.65. The lowest BCUT2D eigenvalue weighted by Gasteiger charge is -2.10. The molecule has 0 atom stereocenters. The molecule has 2 N–H and O–H groups in total. The highest BCUT2D eigenvalue weighted by atomic mass is 16.5. The van der Waals surface area contributed by atoms with Gasteiger partial charge in [0, 0.05) is 7.11 Å². The zero-order valence-corrected chi connectivity index (χ0v) is 11.0. The quantitative estimate of drug-likeness (QED) is 0.542. The van der Waals surface area contributed by atoms with Gasteiger partial charge in [0.05, 0.1) is 38.8 Å². The molecule has 1 aromatic heterocycles. The maximum absolute atomic E-state index is 11.5. The van der Waals surface area contributed by atoms with Crippen LogP contribution in [0.15, 0.2) is 12.3 Å². The van der Waals surface area contributed by atoms with Crippen molar-refractivity contribution in [2.45, 2.75) is 0 Å². The van der Waals surface area contributed by atoms with Crippen molar-refractivity contribution in [3.8, 4) is 5.88 Å². The Morgan fingerprint density at radius 1 is 1.26 bits per heavy atom. The van der Waals surface area contributed by atoms with E-state index in [0.29, 0.717) is 25.5 Å². The highest BCUT2D eigenvalue weighted by Crippen LogP contribution is 2.18. The first-order valence-electron chi connectivity index (χ1n) is 5.72. The predicted molar refractivity (Wildman–Crippen MR) is 68.2 cm³/mol. The molecule has 0 saturated heterocycles. The lowest BCUT2D eigenvalue weighted by Crippen LogP contribution is -2.13. The van der Waals surface area contributed by atoms with E-state index in [1.807, 2.05) is 0 Å². The van der Waals surface area contributed by atoms with Crippen molar-refractivity contribution in [1.82, 2.24) is 4.98 Å². The molecule has 1 rings (SSSR count). The monoisotopic (exact) mass is 270 g/mol. The Bertz CT molecular complexity index is 411. The van der Waals surface area contributed by atoms with Crippen molar-refractivity contribution >= 4 is 11.7 Å². The lowest BCUT2D eigenvalue weighted by molar-refractivity contribution is 0.0516. The maximum Gasteiger partial charge on any atom is 0.343 e. The summed E-state index contributed by atoms with van der Waals surface area (Å²) in [4.78, 5) is 15.5. The molecule has 0 aromatic carbocycles. The molecule has 0 unspecified atom stereocenters. The number of nitrogen functional groups attached to an aromatic ring is 1. The number of ether oxygens (including phenoxy) is 4. The second kappa shape index (κ2) is 8.28. The third-order valence-corrected chi connectivity index (χ3v) is 2.18. The Balaban J connectivity index is 2.50. The first kappa shape index (κ1) is 15.2. The highest BCUT2D eigenvalue weighted by molar-refractivity contribution is 5.92. The van der Waals surface area contributed by atoms with Gasteiger partial charge >= 0.3 is 5.97 Å². The fourth-order valence-electron chi connectivity index (χ4n) is 1.28. The maximum atomic E-state index is 11.5. The van der Waals surface area contributed by atoms with Crippen LogP contribution in [0.3, 0.4) is 0 Å². The summed E-state index contributed by atoms with van der Waals surface area (Å²) in [5.41, 5.74) is 6.12. The van der Waals surface area contributed by atoms with Gasteiger partial charge < -0.3 is 24.7 Å². The van der Waals surface area contributed by atoms with E-state index in [0.717, 1.165) is 0 Å². The van der Waals surface area contributed by atoms with Crippen molar-refractivity contribution in [2.75, 3.05) is 46.4 Å². The minimum Gasteiger partial charge on any atom is -0.475 e. The number of carbonyl (C=O) groups is 1. The Morgan fingerprint density at radius 3 is 2.68 bits per heavy atom. The molecule has 7 nitrogen and oxygen atoms in total. The molecular formula is C12H18N2O5. The number of anilines is 1. The highest BCUT2D eigenvalue weighted by Gasteiger charge is 2.15. The number of rotatable bonds is 8. The third kappa shape index (κ3) is 5.11. The molecule has 1 heterocycles. The summed E-state index contributed by atoms with van der Waals surface area (Å²) < 4.78 is 20.1. The molecule has 0 spiro atoms. The van der Waals surface area contributed by atoms with Crippen LogP contribution in [0.25, 0.3) is 0 Å². The van der Waals surface area contributed by atoms with Crippen molar-refractivity contribution in [3.63, 3.8) is 0 Å². The number of nitrogens with zero attached hydrogens (tertiary/aromatic N) is 1. The van der Waals surface area contributed by atoms with Crippen molar-refractivity contribution in [3.05, 3.63) is 17.8 Å². The number of hydrogen-bond acceptors (Lipinski definition) is 7. The van der Waals surface area contributed by atoms with Crippen LogP contribution < -0.4 is 10.5 Å². The molecule has 1 aromatic rings. The number of methoxy groups -OCH3 is 2. The van der Waals surface area contributed by atoms with E-state index in [4.69, 9.17) is 19.9 Å². The molecule has 0 aliphatic heterocycles. The van der Waals surface area contributed by atoms with Gasteiger partial charge in [-0.05, 0) is 6.07 Å². The summed E-state index contributed by atoms with van der Waals surface area (Å²) in [7, 11) is 2.88. The zero-order valence-electron chi connectivity index (χ0n) is 11.0. The van der Waals surface area contributed by atoms with E-state index in [1.54, 1.807) is 7.11 Å². The van der Waals surface area contributed by atoms with E-state index in [1.165, 1.54) is 19.4 Å². The lowest BCUT2D eigenvalue weighted by atomic mass is 10.2. The van der Waals surface area contributed by atoms with Gasteiger partial charge in [-0.3, -0.25) is 0 Å². The Kier molecular flexibility index (Phi) is 6.62. The number of aromatic nitrogens is 1. The Hall–Kier alpha value is -1.86. The second-order valence-corrected chi connectivity index (χ2v) is 3.57. The molecule has 0 aliphatic rings. The summed E-state index contributed by atoms with van der Waals surface area (Å²) in [6.07, 6.45) is 1.41. The molecule has 0 amide bonds. The van der Waals surface area contributed by atoms with E-state index in [9.17, 15) is 4.79 Å². The van der Waals surface area contributed by atoms with E-state index in [-0.39, 0.29) is 18.1 Å². The number of carbonyl (C=O) groups excluding carboxylic acids is 1. The summed E-state index contributed by atoms with van der Waals surface area (Å²) in [5.74, 6) is -0.369. The molecule has 0 fully saturated rings. The van der Waals surface area contributed by atoms with Gasteiger partial charge in [0.25, 0.3) is 0 Å². The third-order valence-electron chi connectivity index (χ3n) is 2.18. The van der Waals surface area contributed by atoms with Gasteiger partial charge in [0.1, 0.15) is 12.2 Å². The van der Waals surface area contributed by atoms with Gasteiger partial charge in [-0.25, -0.2) is 9.78 Å². The number of esters is 1. The van der Waals surface area contributed by atoms with Crippen LogP contribution in [0.4, 0.5) is 5.69 Å². The van der Waals surface area contributed by atoms with Gasteiger partial charge in [0.15, 0.2) is 0 Å². The van der Waals surface area contributed by atoms with Crippen LogP contribution in [-0.4, -0.2) is 51.6 Å². The standard InChI is InChI=1S/C12H18N2O5/c1-16-3-4-18-5-6-19-11-10(12(15)17-2)7-9(13)8-14-11/h7-8H,3-6,13H2,1-2H3. The van der Waals surface area contributed by atoms with Crippen LogP contribution in [-0.2, 0) is 14.2 Å². The number of nitrogens with two attached hydrogens (primary N) is 1. The Morgan fingerprint density at radius 2 is 2.00 bits per heavy atom. The second-order valence-electron chi connectivity index (χ2n) is 3.57. The van der Waals surface area contributed by atoms with Crippen molar-refractivity contribution < 1.29 is 23.7 Å². The number of pyridine rings is 1. The zero-order chi connectivity index (χ0) is 14.1. The molecule has 0 saturated carbocycles. The Labute approximate surface area is 111 Å². The van der Waals surface area contributed by atoms with Gasteiger partial charge in [-0.2, -0.15) is 0 Å². The van der Waals surface area contributed by atoms with Gasteiger partial charge in [-0.1, -0.05) is 0 Å². The number of hydrogen-bond donors (Lipinski definition) is 1. The molecular weight excluding hydrogens is 252 g/mol. The van der Waals surface area contributed by atoms with E-state index < -0.39 is 5.97 Å². The minimum atomic E-state index is -0.546. The molecule has 7 heteroatoms. The topological polar surface area (TPSA) is 92.9 Å². The van der Waals surface area contributed by atoms with E-state index >= 15 is 0 Å². The van der Waals surface area contributed by atoms with Crippen LogP contribution >= 0.6 is 0 Å². The van der Waals surface area contributed by atoms with Crippen molar-refractivity contribution in [1.29, 1.82) is 0 Å². The average Bonchev–Trinajstić information content (AvgIpc) is 2.43. The first-order valence-corrected chi connectivity index (χ1v) is 5.72. The minimum absolute atomic E-state index is 0.177. The molecule has 19 heavy (non-hydrogen) atoms. The molecule has 0 radical (unpaired) electrons. The average molecular weight is 270 g/mol. The van der Waals surface area contributed by atoms with Crippen molar-refractivity contribution in [2.24, 2.45) is 0 Å². The fraction of sp³-hybridized carbons (Fsp3) is 0.500. The summed E-state index contributed by atoms with van der Waals surface area (Å²) in [5, 5.41) is 0. The van der Waals surface area contributed by atoms with E-state index in [2.05, 4.69) is 9.72 Å². The normalized spacial score (nSPS) is 10.2. The summed E-state index contributed by atoms with van der Waals surface area (Å²) >= 11 is 0. The molecule has 106 valence electrons. The van der Waals surface area contributed by atoms with Crippen LogP contribution in [0, 0.1) is 0 Å². The van der Waals surface area contributed by atoms with Gasteiger partial charge in [0.2, 0.25) is 5.88 Å². The largest absolute Gasteiger partial charge is 0.475 e. The van der Waals surface area contributed by atoms with Crippen LogP contribution in [0.2, 0.25) is 0 Å². The predicted octanol–water partition coefficient (Wildman–Crippen LogP) is 0.492. The first-order chi connectivity index (χ1) is 9.19.